The van der Waals surface area contributed by atoms with Gasteiger partial charge in [-0.2, -0.15) is 0 Å². The van der Waals surface area contributed by atoms with Crippen LogP contribution in [0.3, 0.4) is 0 Å². The van der Waals surface area contributed by atoms with E-state index in [2.05, 4.69) is 10.2 Å². The number of nitrogens with zero attached hydrogens (tertiary/aromatic N) is 2. The highest BCUT2D eigenvalue weighted by molar-refractivity contribution is 5.85. The molecule has 0 amide bonds. The van der Waals surface area contributed by atoms with Crippen LogP contribution in [-0.4, -0.2) is 36.0 Å². The van der Waals surface area contributed by atoms with E-state index in [1.54, 1.807) is 0 Å². The van der Waals surface area contributed by atoms with Crippen molar-refractivity contribution in [3.05, 3.63) is 39.7 Å². The molecule has 3 rings (SSSR count). The van der Waals surface area contributed by atoms with Crippen molar-refractivity contribution in [2.75, 3.05) is 26.2 Å². The van der Waals surface area contributed by atoms with Crippen LogP contribution in [0.5, 0.6) is 0 Å². The number of rotatable bonds is 5. The molecule has 2 fully saturated rings. The summed E-state index contributed by atoms with van der Waals surface area (Å²) in [6.07, 6.45) is 3.27. The number of hydrogen-bond donors (Lipinski definition) is 1. The minimum Gasteiger partial charge on any atom is -0.314 e. The van der Waals surface area contributed by atoms with Crippen LogP contribution in [0, 0.1) is 21.8 Å². The van der Waals surface area contributed by atoms with Crippen molar-refractivity contribution in [2.45, 2.75) is 25.3 Å². The van der Waals surface area contributed by atoms with Crippen LogP contribution in [0.1, 0.15) is 30.9 Å². The molecule has 0 bridgehead atoms. The number of benzene rings is 1. The molecule has 0 spiro atoms. The fourth-order valence-corrected chi connectivity index (χ4v) is 3.09. The summed E-state index contributed by atoms with van der Waals surface area (Å²) < 4.78 is 13.6. The summed E-state index contributed by atoms with van der Waals surface area (Å²) in [7, 11) is 0. The predicted molar refractivity (Wildman–Crippen MR) is 92.1 cm³/mol. The quantitative estimate of drug-likeness (QED) is 0.642. The molecule has 8 heteroatoms. The molecule has 1 aromatic carbocycles. The summed E-state index contributed by atoms with van der Waals surface area (Å²) in [5.74, 6) is 0.235. The molecule has 1 aliphatic heterocycles. The van der Waals surface area contributed by atoms with Gasteiger partial charge >= 0.3 is 0 Å². The lowest BCUT2D eigenvalue weighted by Crippen LogP contribution is -2.45. The molecule has 0 aromatic heterocycles. The number of nitro benzene ring substituents is 1. The molecule has 1 N–H and O–H groups in total. The van der Waals surface area contributed by atoms with Gasteiger partial charge in [-0.1, -0.05) is 12.8 Å². The number of nitro groups is 1. The van der Waals surface area contributed by atoms with E-state index in [1.165, 1.54) is 31.0 Å². The zero-order valence-electron chi connectivity index (χ0n) is 12.7. The molecule has 1 atom stereocenters. The molecule has 1 aliphatic carbocycles. The summed E-state index contributed by atoms with van der Waals surface area (Å²) in [5.41, 5.74) is 0.578. The highest BCUT2D eigenvalue weighted by Crippen LogP contribution is 2.42. The average Bonchev–Trinajstić information content (AvgIpc) is 3.29. The fraction of sp³-hybridized carbons (Fsp3) is 0.600. The Labute approximate surface area is 147 Å². The SMILES string of the molecule is Cl.Cl.O=[N+]([O-])c1ccc(F)cc1[C@@H](CC1CC1)N1CCNCC1. The Morgan fingerprint density at radius 2 is 1.96 bits per heavy atom. The Morgan fingerprint density at radius 1 is 1.30 bits per heavy atom. The van der Waals surface area contributed by atoms with Gasteiger partial charge in [0, 0.05) is 43.9 Å². The average molecular weight is 366 g/mol. The summed E-state index contributed by atoms with van der Waals surface area (Å²) in [4.78, 5) is 13.1. The fourth-order valence-electron chi connectivity index (χ4n) is 3.09. The third kappa shape index (κ3) is 5.01. The van der Waals surface area contributed by atoms with E-state index in [9.17, 15) is 14.5 Å². The van der Waals surface area contributed by atoms with Gasteiger partial charge in [-0.15, -0.1) is 24.8 Å². The van der Waals surface area contributed by atoms with Crippen LogP contribution in [0.2, 0.25) is 0 Å². The van der Waals surface area contributed by atoms with Gasteiger partial charge in [0.25, 0.3) is 5.69 Å². The first-order valence-electron chi connectivity index (χ1n) is 7.54. The molecule has 0 unspecified atom stereocenters. The van der Waals surface area contributed by atoms with E-state index < -0.39 is 10.7 Å². The molecule has 1 aromatic rings. The van der Waals surface area contributed by atoms with E-state index in [1.807, 2.05) is 0 Å². The summed E-state index contributed by atoms with van der Waals surface area (Å²) >= 11 is 0. The number of nitrogens with one attached hydrogen (secondary N) is 1. The zero-order valence-corrected chi connectivity index (χ0v) is 14.4. The van der Waals surface area contributed by atoms with E-state index >= 15 is 0 Å². The smallest absolute Gasteiger partial charge is 0.274 e. The molecule has 1 saturated carbocycles. The first-order chi connectivity index (χ1) is 10.1. The van der Waals surface area contributed by atoms with Gasteiger partial charge in [-0.25, -0.2) is 4.39 Å². The topological polar surface area (TPSA) is 58.4 Å². The number of piperazine rings is 1. The summed E-state index contributed by atoms with van der Waals surface area (Å²) in [6.45, 7) is 3.46. The van der Waals surface area contributed by atoms with Gasteiger partial charge < -0.3 is 5.32 Å². The Kier molecular flexibility index (Phi) is 7.67. The molecule has 5 nitrogen and oxygen atoms in total. The van der Waals surface area contributed by atoms with Gasteiger partial charge in [0.1, 0.15) is 5.82 Å². The molecule has 23 heavy (non-hydrogen) atoms. The molecule has 2 aliphatic rings. The molecular weight excluding hydrogens is 344 g/mol. The standard InChI is InChI=1S/C15H20FN3O2.2ClH/c16-12-3-4-14(19(20)21)13(10-12)15(9-11-1-2-11)18-7-5-17-6-8-18;;/h3-4,10-11,15,17H,1-2,5-9H2;2*1H/t15-;;/m1../s1. The third-order valence-electron chi connectivity index (χ3n) is 4.39. The van der Waals surface area contributed by atoms with Crippen molar-refractivity contribution >= 4 is 30.5 Å². The van der Waals surface area contributed by atoms with Gasteiger partial charge in [0.05, 0.1) is 4.92 Å². The predicted octanol–water partition coefficient (Wildman–Crippen LogP) is 3.32. The minimum atomic E-state index is -0.397. The van der Waals surface area contributed by atoms with Crippen molar-refractivity contribution in [3.8, 4) is 0 Å². The molecule has 130 valence electrons. The number of halogens is 3. The van der Waals surface area contributed by atoms with Crippen LogP contribution in [0.4, 0.5) is 10.1 Å². The maximum Gasteiger partial charge on any atom is 0.274 e. The molecule has 1 saturated heterocycles. The number of hydrogen-bond acceptors (Lipinski definition) is 4. The molecular formula is C15H22Cl2FN3O2. The maximum atomic E-state index is 13.6. The van der Waals surface area contributed by atoms with Crippen molar-refractivity contribution in [3.63, 3.8) is 0 Å². The third-order valence-corrected chi connectivity index (χ3v) is 4.39. The van der Waals surface area contributed by atoms with Crippen molar-refractivity contribution in [1.82, 2.24) is 10.2 Å². The Bertz CT molecular complexity index is 537. The highest BCUT2D eigenvalue weighted by Gasteiger charge is 2.34. The summed E-state index contributed by atoms with van der Waals surface area (Å²) in [6, 6.07) is 3.78. The second-order valence-corrected chi connectivity index (χ2v) is 5.94. The van der Waals surface area contributed by atoms with Crippen LogP contribution in [0.15, 0.2) is 18.2 Å². The van der Waals surface area contributed by atoms with E-state index in [-0.39, 0.29) is 36.5 Å². The van der Waals surface area contributed by atoms with E-state index in [0.717, 1.165) is 32.6 Å². The van der Waals surface area contributed by atoms with Gasteiger partial charge in [-0.3, -0.25) is 15.0 Å². The first-order valence-corrected chi connectivity index (χ1v) is 7.54. The lowest BCUT2D eigenvalue weighted by Gasteiger charge is -2.35. The second kappa shape index (κ2) is 8.78. The first kappa shape index (κ1) is 20.1. The zero-order chi connectivity index (χ0) is 14.8. The summed E-state index contributed by atoms with van der Waals surface area (Å²) in [5, 5.41) is 14.6. The maximum absolute atomic E-state index is 13.6. The lowest BCUT2D eigenvalue weighted by molar-refractivity contribution is -0.386. The van der Waals surface area contributed by atoms with Gasteiger partial charge in [0.2, 0.25) is 0 Å². The van der Waals surface area contributed by atoms with Crippen molar-refractivity contribution in [2.24, 2.45) is 5.92 Å². The highest BCUT2D eigenvalue weighted by atomic mass is 35.5. The minimum absolute atomic E-state index is 0. The monoisotopic (exact) mass is 365 g/mol. The van der Waals surface area contributed by atoms with Gasteiger partial charge in [-0.05, 0) is 24.5 Å². The second-order valence-electron chi connectivity index (χ2n) is 5.94. The van der Waals surface area contributed by atoms with Crippen molar-refractivity contribution < 1.29 is 9.31 Å². The Morgan fingerprint density at radius 3 is 2.52 bits per heavy atom. The van der Waals surface area contributed by atoms with Crippen molar-refractivity contribution in [1.29, 1.82) is 0 Å². The Balaban J connectivity index is 0.00000132. The lowest BCUT2D eigenvalue weighted by atomic mass is 9.97. The van der Waals surface area contributed by atoms with E-state index in [4.69, 9.17) is 0 Å². The van der Waals surface area contributed by atoms with Crippen LogP contribution in [-0.2, 0) is 0 Å². The van der Waals surface area contributed by atoms with Crippen LogP contribution >= 0.6 is 24.8 Å². The normalized spacial score (nSPS) is 19.3. The largest absolute Gasteiger partial charge is 0.314 e. The van der Waals surface area contributed by atoms with Crippen LogP contribution < -0.4 is 5.32 Å². The molecule has 0 radical (unpaired) electrons. The van der Waals surface area contributed by atoms with Gasteiger partial charge in [0.15, 0.2) is 0 Å². The molecule has 1 heterocycles. The Hall–Kier alpha value is -0.950. The van der Waals surface area contributed by atoms with E-state index in [0.29, 0.717) is 11.5 Å². The van der Waals surface area contributed by atoms with Crippen LogP contribution in [0.25, 0.3) is 0 Å².